The van der Waals surface area contributed by atoms with Crippen LogP contribution >= 0.6 is 11.6 Å². The molecule has 0 amide bonds. The first-order valence-electron chi connectivity index (χ1n) is 7.94. The zero-order chi connectivity index (χ0) is 18.4. The Kier molecular flexibility index (Phi) is 6.53. The SMILES string of the molecule is CCOc1cc(C(=O)O)cc(Cl)c1OCCOc1cc(C)ccc1C. The van der Waals surface area contributed by atoms with E-state index >= 15 is 0 Å². The quantitative estimate of drug-likeness (QED) is 0.698. The van der Waals surface area contributed by atoms with Gasteiger partial charge in [-0.15, -0.1) is 0 Å². The summed E-state index contributed by atoms with van der Waals surface area (Å²) in [4.78, 5) is 11.1. The van der Waals surface area contributed by atoms with Crippen molar-refractivity contribution in [3.63, 3.8) is 0 Å². The van der Waals surface area contributed by atoms with Crippen LogP contribution in [0.3, 0.4) is 0 Å². The van der Waals surface area contributed by atoms with E-state index < -0.39 is 5.97 Å². The van der Waals surface area contributed by atoms with Crippen LogP contribution in [-0.2, 0) is 0 Å². The number of carbonyl (C=O) groups is 1. The Labute approximate surface area is 152 Å². The Morgan fingerprint density at radius 1 is 1.04 bits per heavy atom. The zero-order valence-corrected chi connectivity index (χ0v) is 15.2. The Hall–Kier alpha value is -2.40. The summed E-state index contributed by atoms with van der Waals surface area (Å²) < 4.78 is 16.9. The molecule has 1 N–H and O–H groups in total. The lowest BCUT2D eigenvalue weighted by atomic mass is 10.1. The summed E-state index contributed by atoms with van der Waals surface area (Å²) in [6.07, 6.45) is 0. The number of rotatable bonds is 8. The fraction of sp³-hybridized carbons (Fsp3) is 0.316. The third kappa shape index (κ3) is 5.03. The van der Waals surface area contributed by atoms with Crippen molar-refractivity contribution >= 4 is 17.6 Å². The fourth-order valence-corrected chi connectivity index (χ4v) is 2.52. The summed E-state index contributed by atoms with van der Waals surface area (Å²) in [7, 11) is 0. The van der Waals surface area contributed by atoms with Gasteiger partial charge in [-0.25, -0.2) is 4.79 Å². The summed E-state index contributed by atoms with van der Waals surface area (Å²) in [5.74, 6) is 0.353. The van der Waals surface area contributed by atoms with Gasteiger partial charge in [-0.2, -0.15) is 0 Å². The lowest BCUT2D eigenvalue weighted by Crippen LogP contribution is -2.11. The predicted molar refractivity (Wildman–Crippen MR) is 96.5 cm³/mol. The average molecular weight is 365 g/mol. The molecule has 5 nitrogen and oxygen atoms in total. The second-order valence-corrected chi connectivity index (χ2v) is 5.90. The molecule has 0 fully saturated rings. The van der Waals surface area contributed by atoms with Gasteiger partial charge in [0.2, 0.25) is 0 Å². The third-order valence-corrected chi connectivity index (χ3v) is 3.77. The number of benzene rings is 2. The van der Waals surface area contributed by atoms with E-state index in [1.54, 1.807) is 6.92 Å². The van der Waals surface area contributed by atoms with Crippen molar-refractivity contribution in [2.75, 3.05) is 19.8 Å². The van der Waals surface area contributed by atoms with E-state index in [-0.39, 0.29) is 17.2 Å². The first kappa shape index (κ1) is 18.9. The number of carboxylic acids is 1. The second kappa shape index (κ2) is 8.62. The number of hydrogen-bond acceptors (Lipinski definition) is 4. The Morgan fingerprint density at radius 3 is 2.44 bits per heavy atom. The third-order valence-electron chi connectivity index (χ3n) is 3.49. The van der Waals surface area contributed by atoms with Crippen molar-refractivity contribution in [3.05, 3.63) is 52.0 Å². The van der Waals surface area contributed by atoms with Crippen LogP contribution in [0.5, 0.6) is 17.2 Å². The number of aryl methyl sites for hydroxylation is 2. The Balaban J connectivity index is 2.04. The van der Waals surface area contributed by atoms with Crippen LogP contribution in [0.4, 0.5) is 0 Å². The lowest BCUT2D eigenvalue weighted by Gasteiger charge is -2.15. The van der Waals surface area contributed by atoms with E-state index in [2.05, 4.69) is 0 Å². The van der Waals surface area contributed by atoms with Crippen molar-refractivity contribution in [3.8, 4) is 17.2 Å². The zero-order valence-electron chi connectivity index (χ0n) is 14.5. The number of ether oxygens (including phenoxy) is 3. The van der Waals surface area contributed by atoms with E-state index in [0.29, 0.717) is 24.7 Å². The molecule has 25 heavy (non-hydrogen) atoms. The lowest BCUT2D eigenvalue weighted by molar-refractivity contribution is 0.0696. The largest absolute Gasteiger partial charge is 0.490 e. The number of halogens is 1. The van der Waals surface area contributed by atoms with Gasteiger partial charge >= 0.3 is 5.97 Å². The number of hydrogen-bond donors (Lipinski definition) is 1. The summed E-state index contributed by atoms with van der Waals surface area (Å²) >= 11 is 6.15. The molecule has 0 aliphatic carbocycles. The van der Waals surface area contributed by atoms with E-state index in [1.165, 1.54) is 12.1 Å². The minimum absolute atomic E-state index is 0.0486. The van der Waals surface area contributed by atoms with Gasteiger partial charge in [-0.1, -0.05) is 23.7 Å². The molecular weight excluding hydrogens is 344 g/mol. The van der Waals surface area contributed by atoms with Crippen LogP contribution in [0.15, 0.2) is 30.3 Å². The van der Waals surface area contributed by atoms with Crippen molar-refractivity contribution in [2.24, 2.45) is 0 Å². The van der Waals surface area contributed by atoms with Gasteiger partial charge in [0.05, 0.1) is 17.2 Å². The highest BCUT2D eigenvalue weighted by molar-refractivity contribution is 6.32. The maximum absolute atomic E-state index is 11.1. The first-order valence-corrected chi connectivity index (χ1v) is 8.32. The first-order chi connectivity index (χ1) is 11.9. The molecule has 0 aliphatic rings. The van der Waals surface area contributed by atoms with Crippen LogP contribution < -0.4 is 14.2 Å². The summed E-state index contributed by atoms with van der Waals surface area (Å²) in [5.41, 5.74) is 2.21. The molecule has 2 aromatic rings. The van der Waals surface area contributed by atoms with Crippen molar-refractivity contribution in [2.45, 2.75) is 20.8 Å². The van der Waals surface area contributed by atoms with Crippen LogP contribution in [0.2, 0.25) is 5.02 Å². The van der Waals surface area contributed by atoms with Crippen LogP contribution in [0.25, 0.3) is 0 Å². The van der Waals surface area contributed by atoms with E-state index in [1.807, 2.05) is 32.0 Å². The predicted octanol–water partition coefficient (Wildman–Crippen LogP) is 4.51. The molecule has 0 unspecified atom stereocenters. The molecule has 0 radical (unpaired) electrons. The van der Waals surface area contributed by atoms with Gasteiger partial charge in [-0.3, -0.25) is 0 Å². The molecular formula is C19H21ClO5. The van der Waals surface area contributed by atoms with Crippen LogP contribution in [-0.4, -0.2) is 30.9 Å². The molecule has 0 aliphatic heterocycles. The van der Waals surface area contributed by atoms with Gasteiger partial charge < -0.3 is 19.3 Å². The minimum Gasteiger partial charge on any atom is -0.490 e. The minimum atomic E-state index is -1.08. The molecule has 0 saturated carbocycles. The van der Waals surface area contributed by atoms with Crippen molar-refractivity contribution in [1.29, 1.82) is 0 Å². The molecule has 2 aromatic carbocycles. The van der Waals surface area contributed by atoms with E-state index in [4.69, 9.17) is 30.9 Å². The number of aromatic carboxylic acids is 1. The van der Waals surface area contributed by atoms with Crippen molar-refractivity contribution in [1.82, 2.24) is 0 Å². The molecule has 134 valence electrons. The maximum atomic E-state index is 11.1. The van der Waals surface area contributed by atoms with Gasteiger partial charge in [0.25, 0.3) is 0 Å². The molecule has 6 heteroatoms. The van der Waals surface area contributed by atoms with Crippen LogP contribution in [0.1, 0.15) is 28.4 Å². The molecule has 0 atom stereocenters. The monoisotopic (exact) mass is 364 g/mol. The Bertz CT molecular complexity index is 758. The average Bonchev–Trinajstić information content (AvgIpc) is 2.56. The topological polar surface area (TPSA) is 65.0 Å². The smallest absolute Gasteiger partial charge is 0.335 e. The molecule has 0 bridgehead atoms. The summed E-state index contributed by atoms with van der Waals surface area (Å²) in [6, 6.07) is 8.73. The summed E-state index contributed by atoms with van der Waals surface area (Å²) in [6.45, 7) is 6.72. The van der Waals surface area contributed by atoms with Crippen molar-refractivity contribution < 1.29 is 24.1 Å². The molecule has 0 spiro atoms. The maximum Gasteiger partial charge on any atom is 0.335 e. The molecule has 0 aromatic heterocycles. The Morgan fingerprint density at radius 2 is 1.76 bits per heavy atom. The molecule has 2 rings (SSSR count). The summed E-state index contributed by atoms with van der Waals surface area (Å²) in [5, 5.41) is 9.30. The highest BCUT2D eigenvalue weighted by Crippen LogP contribution is 2.36. The molecule has 0 heterocycles. The number of carboxylic acid groups (broad SMARTS) is 1. The van der Waals surface area contributed by atoms with Crippen LogP contribution in [0, 0.1) is 13.8 Å². The van der Waals surface area contributed by atoms with Gasteiger partial charge in [0.15, 0.2) is 11.5 Å². The van der Waals surface area contributed by atoms with Gasteiger partial charge in [-0.05, 0) is 50.1 Å². The molecule has 0 saturated heterocycles. The van der Waals surface area contributed by atoms with Gasteiger partial charge in [0, 0.05) is 0 Å². The normalized spacial score (nSPS) is 10.4. The highest BCUT2D eigenvalue weighted by Gasteiger charge is 2.16. The van der Waals surface area contributed by atoms with E-state index in [9.17, 15) is 4.79 Å². The van der Waals surface area contributed by atoms with E-state index in [0.717, 1.165) is 16.9 Å². The fourth-order valence-electron chi connectivity index (χ4n) is 2.25. The van der Waals surface area contributed by atoms with Gasteiger partial charge in [0.1, 0.15) is 19.0 Å². The highest BCUT2D eigenvalue weighted by atomic mass is 35.5. The standard InChI is InChI=1S/C19H21ClO5/c1-4-23-17-11-14(19(21)22)10-15(20)18(17)25-8-7-24-16-9-12(2)5-6-13(16)3/h5-6,9-11H,4,7-8H2,1-3H3,(H,21,22). The second-order valence-electron chi connectivity index (χ2n) is 5.49.